The van der Waals surface area contributed by atoms with Crippen LogP contribution in [0.2, 0.25) is 0 Å². The number of primary amides is 1. The fourth-order valence-corrected chi connectivity index (χ4v) is 9.62. The van der Waals surface area contributed by atoms with E-state index in [1.165, 1.54) is 50.4 Å². The first kappa shape index (κ1) is 60.8. The lowest BCUT2D eigenvalue weighted by Crippen LogP contribution is -2.65. The van der Waals surface area contributed by atoms with Crippen molar-refractivity contribution < 1.29 is 73.4 Å². The molecule has 0 aromatic heterocycles. The SMILES string of the molecule is CC[C@H](C)C1NC(=O)[C@H](Cc2ccc(O)cc2)N(C)C(=O)[C@H](CC(C)C)N2C(=O)[C@H](CC[C@H]2O)NC(=O)[C@H](CC2C=CC(O)CC2)NC(=O)[C@@H](NC(=O)[C@H](CCC(N)=O)NC(=O)[C@@H](O)Cc2ccc(O)cc2)[C@H](C)OC1=O. The second-order valence-corrected chi connectivity index (χ2v) is 20.9. The number of nitrogens with one attached hydrogen (secondary N) is 5. The van der Waals surface area contributed by atoms with Crippen molar-refractivity contribution in [2.24, 2.45) is 23.5 Å². The molecule has 2 fully saturated rings. The van der Waals surface area contributed by atoms with E-state index >= 15 is 0 Å². The first-order chi connectivity index (χ1) is 36.4. The van der Waals surface area contributed by atoms with Gasteiger partial charge < -0.3 is 72.4 Å². The van der Waals surface area contributed by atoms with Crippen LogP contribution in [0, 0.1) is 17.8 Å². The number of cyclic esters (lactones) is 1. The summed E-state index contributed by atoms with van der Waals surface area (Å²) in [5.74, 6) is -9.95. The minimum Gasteiger partial charge on any atom is -0.508 e. The molecule has 77 heavy (non-hydrogen) atoms. The largest absolute Gasteiger partial charge is 0.508 e. The number of likely N-dealkylation sites (N-methyl/N-ethyl adjacent to an activating group) is 1. The predicted octanol–water partition coefficient (Wildman–Crippen LogP) is -0.175. The summed E-state index contributed by atoms with van der Waals surface area (Å²) in [5.41, 5.74) is 6.38. The van der Waals surface area contributed by atoms with E-state index in [0.29, 0.717) is 24.0 Å². The van der Waals surface area contributed by atoms with Gasteiger partial charge in [-0.05, 0) is 105 Å². The minimum atomic E-state index is -1.90. The number of benzene rings is 2. The molecule has 3 unspecified atom stereocenters. The molecule has 2 aromatic carbocycles. The number of piperidine rings is 1. The number of amides is 8. The predicted molar refractivity (Wildman–Crippen MR) is 277 cm³/mol. The van der Waals surface area contributed by atoms with Crippen molar-refractivity contribution in [1.29, 1.82) is 0 Å². The number of nitrogens with zero attached hydrogens (tertiary/aromatic N) is 2. The van der Waals surface area contributed by atoms with Crippen LogP contribution >= 0.6 is 0 Å². The Morgan fingerprint density at radius 3 is 2.01 bits per heavy atom. The van der Waals surface area contributed by atoms with Gasteiger partial charge in [0.15, 0.2) is 0 Å². The molecular weight excluding hydrogens is 1000 g/mol. The quantitative estimate of drug-likeness (QED) is 0.0724. The lowest BCUT2D eigenvalue weighted by atomic mass is 9.88. The van der Waals surface area contributed by atoms with E-state index in [0.717, 1.165) is 9.80 Å². The number of phenolic OH excluding ortho intramolecular Hbond substituents is 2. The number of allylic oxidation sites excluding steroid dienone is 1. The Kier molecular flexibility index (Phi) is 21.9. The van der Waals surface area contributed by atoms with Gasteiger partial charge in [0.05, 0.1) is 6.10 Å². The highest BCUT2D eigenvalue weighted by Gasteiger charge is 2.46. The van der Waals surface area contributed by atoms with Gasteiger partial charge in [0.1, 0.15) is 72.2 Å². The average Bonchev–Trinajstić information content (AvgIpc) is 3.38. The molecule has 0 radical (unpaired) electrons. The summed E-state index contributed by atoms with van der Waals surface area (Å²) in [6.45, 7) is 8.24. The smallest absolute Gasteiger partial charge is 0.329 e. The second kappa shape index (κ2) is 27.8. The van der Waals surface area contributed by atoms with Crippen molar-refractivity contribution >= 4 is 53.2 Å². The summed E-state index contributed by atoms with van der Waals surface area (Å²) in [4.78, 5) is 131. The van der Waals surface area contributed by atoms with E-state index in [2.05, 4.69) is 26.6 Å². The molecule has 2 aliphatic heterocycles. The maximum atomic E-state index is 15.0. The molecular formula is C54H76N8O15. The standard InChI is InChI=1S/C54H76N8O15/c1-7-29(4)45-54(76)77-30(5)46(60-47(69)37(20-22-43(55)67)56-50(72)42(66)27-33-12-18-36(65)19-13-33)51(73)58-39(25-31-8-14-34(63)15-9-31)48(70)57-38-21-23-44(68)62(52(38)74)41(24-28(2)3)53(75)61(6)40(49(71)59-45)26-32-10-16-35(64)17-11-32/h8,10-14,16-19,28-31,34,37-42,44-46,63-66,68H,7,9,15,20-27H2,1-6H3,(H2,55,67)(H,56,72)(H,57,70)(H,58,73)(H,59,71)(H,60,69)/t29-,30-,31?,34?,37-,38-,39-,40-,41-,42-,44+,45?,46-/m0/s1. The van der Waals surface area contributed by atoms with Gasteiger partial charge in [-0.15, -0.1) is 0 Å². The molecule has 5 rings (SSSR count). The van der Waals surface area contributed by atoms with Gasteiger partial charge in [0.2, 0.25) is 47.3 Å². The third kappa shape index (κ3) is 16.9. The maximum absolute atomic E-state index is 15.0. The van der Waals surface area contributed by atoms with Crippen LogP contribution in [0.3, 0.4) is 0 Å². The van der Waals surface area contributed by atoms with Gasteiger partial charge in [-0.2, -0.15) is 0 Å². The number of nitrogens with two attached hydrogens (primary N) is 1. The summed E-state index contributed by atoms with van der Waals surface area (Å²) in [7, 11) is 1.35. The van der Waals surface area contributed by atoms with E-state index < -0.39 is 145 Å². The molecule has 8 amide bonds. The molecule has 2 bridgehead atoms. The normalized spacial score (nSPS) is 27.1. The van der Waals surface area contributed by atoms with Crippen LogP contribution in [-0.4, -0.2) is 162 Å². The summed E-state index contributed by atoms with van der Waals surface area (Å²) < 4.78 is 5.96. The van der Waals surface area contributed by atoms with Gasteiger partial charge in [0, 0.05) is 26.3 Å². The summed E-state index contributed by atoms with van der Waals surface area (Å²) >= 11 is 0. The number of carbonyl (C=O) groups excluding carboxylic acids is 9. The van der Waals surface area contributed by atoms with Gasteiger partial charge in [-0.1, -0.05) is 70.5 Å². The first-order valence-electron chi connectivity index (χ1n) is 26.2. The number of carbonyl (C=O) groups is 9. The lowest BCUT2D eigenvalue weighted by Gasteiger charge is -2.43. The van der Waals surface area contributed by atoms with Crippen LogP contribution in [0.15, 0.2) is 60.7 Å². The molecule has 3 aliphatic rings. The van der Waals surface area contributed by atoms with Crippen LogP contribution in [0.1, 0.15) is 104 Å². The lowest BCUT2D eigenvalue weighted by molar-refractivity contribution is -0.166. The van der Waals surface area contributed by atoms with Crippen LogP contribution in [0.5, 0.6) is 11.5 Å². The van der Waals surface area contributed by atoms with E-state index in [1.54, 1.807) is 52.0 Å². The maximum Gasteiger partial charge on any atom is 0.329 e. The first-order valence-corrected chi connectivity index (χ1v) is 26.2. The van der Waals surface area contributed by atoms with Crippen molar-refractivity contribution in [1.82, 2.24) is 36.4 Å². The van der Waals surface area contributed by atoms with Crippen molar-refractivity contribution in [3.05, 3.63) is 71.8 Å². The highest BCUT2D eigenvalue weighted by molar-refractivity contribution is 5.98. The Balaban J connectivity index is 1.61. The highest BCUT2D eigenvalue weighted by atomic mass is 16.5. The van der Waals surface area contributed by atoms with Crippen LogP contribution < -0.4 is 32.3 Å². The van der Waals surface area contributed by atoms with Gasteiger partial charge in [-0.3, -0.25) is 38.4 Å². The fraction of sp³-hybridized carbons (Fsp3) is 0.574. The number of aliphatic hydroxyl groups is 3. The number of hydrogen-bond acceptors (Lipinski definition) is 15. The number of aliphatic hydroxyl groups excluding tert-OH is 3. The molecule has 0 spiro atoms. The number of hydrogen-bond donors (Lipinski definition) is 11. The summed E-state index contributed by atoms with van der Waals surface area (Å²) in [5, 5.41) is 65.4. The number of esters is 1. The Labute approximate surface area is 447 Å². The monoisotopic (exact) mass is 1080 g/mol. The topological polar surface area (TPSA) is 357 Å². The van der Waals surface area contributed by atoms with E-state index in [-0.39, 0.29) is 62.4 Å². The van der Waals surface area contributed by atoms with E-state index in [9.17, 15) is 68.7 Å². The Morgan fingerprint density at radius 2 is 1.43 bits per heavy atom. The fourth-order valence-electron chi connectivity index (χ4n) is 9.62. The van der Waals surface area contributed by atoms with Crippen molar-refractivity contribution in [3.8, 4) is 11.5 Å². The van der Waals surface area contributed by atoms with Gasteiger partial charge in [0.25, 0.3) is 0 Å². The van der Waals surface area contributed by atoms with Crippen molar-refractivity contribution in [3.63, 3.8) is 0 Å². The number of phenols is 2. The molecule has 2 saturated heterocycles. The number of ether oxygens (including phenoxy) is 1. The second-order valence-electron chi connectivity index (χ2n) is 20.9. The molecule has 12 N–H and O–H groups in total. The van der Waals surface area contributed by atoms with Crippen LogP contribution in [-0.2, 0) is 60.7 Å². The molecule has 23 nitrogen and oxygen atoms in total. The minimum absolute atomic E-state index is 0.0129. The van der Waals surface area contributed by atoms with Gasteiger partial charge >= 0.3 is 5.97 Å². The zero-order valence-electron chi connectivity index (χ0n) is 44.4. The van der Waals surface area contributed by atoms with Crippen LogP contribution in [0.4, 0.5) is 0 Å². The Morgan fingerprint density at radius 1 is 0.792 bits per heavy atom. The van der Waals surface area contributed by atoms with Gasteiger partial charge in [-0.25, -0.2) is 4.79 Å². The number of rotatable bonds is 17. The van der Waals surface area contributed by atoms with E-state index in [1.807, 2.05) is 0 Å². The molecule has 23 heteroatoms. The molecule has 2 aromatic rings. The Bertz CT molecular complexity index is 2460. The van der Waals surface area contributed by atoms with E-state index in [4.69, 9.17) is 10.5 Å². The average molecular weight is 1080 g/mol. The third-order valence-electron chi connectivity index (χ3n) is 14.4. The van der Waals surface area contributed by atoms with Crippen molar-refractivity contribution in [2.75, 3.05) is 7.05 Å². The molecule has 13 atom stereocenters. The van der Waals surface area contributed by atoms with Crippen LogP contribution in [0.25, 0.3) is 0 Å². The molecule has 0 saturated carbocycles. The van der Waals surface area contributed by atoms with Crippen molar-refractivity contribution in [2.45, 2.75) is 172 Å². The zero-order chi connectivity index (χ0) is 56.8. The molecule has 422 valence electrons. The Hall–Kier alpha value is -7.11. The zero-order valence-corrected chi connectivity index (χ0v) is 44.4. The number of fused-ring (bicyclic) bond motifs is 2. The summed E-state index contributed by atoms with van der Waals surface area (Å²) in [6.07, 6.45) is -3.06. The highest BCUT2D eigenvalue weighted by Crippen LogP contribution is 2.28. The molecule has 1 aliphatic carbocycles. The number of aromatic hydroxyl groups is 2. The third-order valence-corrected chi connectivity index (χ3v) is 14.4. The summed E-state index contributed by atoms with van der Waals surface area (Å²) in [6, 6.07) is 0.875. The molecule has 2 heterocycles.